The first-order valence-electron chi connectivity index (χ1n) is 8.50. The molecule has 26 heavy (non-hydrogen) atoms. The number of amides is 1. The minimum Gasteiger partial charge on any atom is -0.469 e. The number of hydrogen-bond acceptors (Lipinski definition) is 3. The summed E-state index contributed by atoms with van der Waals surface area (Å²) in [5.41, 5.74) is -0.119. The summed E-state index contributed by atoms with van der Waals surface area (Å²) >= 11 is 0. The predicted molar refractivity (Wildman–Crippen MR) is 88.5 cm³/mol. The van der Waals surface area contributed by atoms with Crippen molar-refractivity contribution >= 4 is 5.91 Å². The Kier molecular flexibility index (Phi) is 5.66. The monoisotopic (exact) mass is 367 g/mol. The van der Waals surface area contributed by atoms with Gasteiger partial charge >= 0.3 is 6.18 Å². The molecular weight excluding hydrogens is 347 g/mol. The van der Waals surface area contributed by atoms with E-state index in [2.05, 4.69) is 0 Å². The van der Waals surface area contributed by atoms with Crippen LogP contribution in [-0.4, -0.2) is 36.6 Å². The Morgan fingerprint density at radius 2 is 2.08 bits per heavy atom. The molecule has 1 aliphatic rings. The molecule has 1 amide bonds. The second-order valence-electron chi connectivity index (χ2n) is 6.31. The van der Waals surface area contributed by atoms with E-state index in [4.69, 9.17) is 9.15 Å². The number of nitrogens with zero attached hydrogens (tertiary/aromatic N) is 1. The fraction of sp³-hybridized carbons (Fsp3) is 0.421. The molecule has 0 unspecified atom stereocenters. The van der Waals surface area contributed by atoms with Gasteiger partial charge < -0.3 is 14.1 Å². The third-order valence-corrected chi connectivity index (χ3v) is 4.37. The number of furan rings is 1. The van der Waals surface area contributed by atoms with Crippen LogP contribution in [0.1, 0.15) is 23.3 Å². The second-order valence-corrected chi connectivity index (χ2v) is 6.31. The van der Waals surface area contributed by atoms with Gasteiger partial charge in [0.25, 0.3) is 0 Å². The third-order valence-electron chi connectivity index (χ3n) is 4.37. The van der Waals surface area contributed by atoms with Crippen LogP contribution in [0.25, 0.3) is 0 Å². The highest BCUT2D eigenvalue weighted by Crippen LogP contribution is 2.30. The maximum Gasteiger partial charge on any atom is 0.416 e. The van der Waals surface area contributed by atoms with Crippen molar-refractivity contribution in [3.05, 3.63) is 59.5 Å². The molecule has 4 nitrogen and oxygen atoms in total. The average Bonchev–Trinajstić information content (AvgIpc) is 3.13. The fourth-order valence-electron chi connectivity index (χ4n) is 3.05. The number of aryl methyl sites for hydroxylation is 1. The van der Waals surface area contributed by atoms with Crippen molar-refractivity contribution in [1.82, 2.24) is 4.90 Å². The van der Waals surface area contributed by atoms with E-state index in [1.54, 1.807) is 23.3 Å². The molecule has 1 aromatic heterocycles. The van der Waals surface area contributed by atoms with E-state index < -0.39 is 11.7 Å². The van der Waals surface area contributed by atoms with Gasteiger partial charge in [0.15, 0.2) is 0 Å². The zero-order chi connectivity index (χ0) is 18.6. The van der Waals surface area contributed by atoms with E-state index in [-0.39, 0.29) is 12.0 Å². The van der Waals surface area contributed by atoms with Crippen LogP contribution in [-0.2, 0) is 28.5 Å². The molecule has 1 atom stereocenters. The number of alkyl halides is 3. The summed E-state index contributed by atoms with van der Waals surface area (Å²) in [7, 11) is 0. The molecule has 0 radical (unpaired) electrons. The van der Waals surface area contributed by atoms with E-state index in [9.17, 15) is 18.0 Å². The average molecular weight is 367 g/mol. The van der Waals surface area contributed by atoms with E-state index in [1.165, 1.54) is 6.07 Å². The molecule has 1 fully saturated rings. The third kappa shape index (κ3) is 4.88. The number of hydrogen-bond donors (Lipinski definition) is 0. The maximum absolute atomic E-state index is 12.8. The van der Waals surface area contributed by atoms with Crippen LogP contribution in [0.4, 0.5) is 13.2 Å². The molecule has 0 saturated carbocycles. The lowest BCUT2D eigenvalue weighted by molar-refractivity contribution is -0.138. The molecule has 0 aliphatic carbocycles. The molecule has 1 saturated heterocycles. The van der Waals surface area contributed by atoms with Crippen molar-refractivity contribution in [3.8, 4) is 0 Å². The summed E-state index contributed by atoms with van der Waals surface area (Å²) in [6.45, 7) is 1.26. The number of carbonyl (C=O) groups excluding carboxylic acids is 1. The lowest BCUT2D eigenvalue weighted by atomic mass is 10.0. The van der Waals surface area contributed by atoms with Crippen LogP contribution in [0.5, 0.6) is 0 Å². The van der Waals surface area contributed by atoms with Gasteiger partial charge in [-0.2, -0.15) is 13.2 Å². The topological polar surface area (TPSA) is 42.7 Å². The molecule has 7 heteroatoms. The van der Waals surface area contributed by atoms with Crippen molar-refractivity contribution in [3.63, 3.8) is 0 Å². The van der Waals surface area contributed by atoms with E-state index in [0.717, 1.165) is 17.9 Å². The normalized spacial score (nSPS) is 18.1. The highest BCUT2D eigenvalue weighted by atomic mass is 19.4. The Morgan fingerprint density at radius 1 is 1.23 bits per heavy atom. The van der Waals surface area contributed by atoms with Crippen LogP contribution in [0, 0.1) is 0 Å². The summed E-state index contributed by atoms with van der Waals surface area (Å²) in [5, 5.41) is 0. The zero-order valence-corrected chi connectivity index (χ0v) is 14.2. The van der Waals surface area contributed by atoms with Gasteiger partial charge in [0.1, 0.15) is 5.76 Å². The number of morpholine rings is 1. The van der Waals surface area contributed by atoms with Gasteiger partial charge in [-0.15, -0.1) is 0 Å². The van der Waals surface area contributed by atoms with Crippen molar-refractivity contribution in [1.29, 1.82) is 0 Å². The smallest absolute Gasteiger partial charge is 0.416 e. The molecule has 140 valence electrons. The van der Waals surface area contributed by atoms with Gasteiger partial charge in [0.2, 0.25) is 5.91 Å². The highest BCUT2D eigenvalue weighted by molar-refractivity contribution is 5.76. The Hall–Kier alpha value is -2.28. The molecule has 3 rings (SSSR count). The SMILES string of the molecule is O=C(CCc1ccco1)N1CCO[C@H](Cc2cccc(C(F)(F)F)c2)C1. The molecule has 0 N–H and O–H groups in total. The fourth-order valence-corrected chi connectivity index (χ4v) is 3.05. The zero-order valence-electron chi connectivity index (χ0n) is 14.2. The number of ether oxygens (including phenoxy) is 1. The minimum atomic E-state index is -4.36. The number of benzene rings is 1. The summed E-state index contributed by atoms with van der Waals surface area (Å²) in [4.78, 5) is 14.1. The van der Waals surface area contributed by atoms with E-state index >= 15 is 0 Å². The Bertz CT molecular complexity index is 728. The number of carbonyl (C=O) groups is 1. The number of halogens is 3. The Balaban J connectivity index is 1.55. The van der Waals surface area contributed by atoms with Crippen LogP contribution in [0.15, 0.2) is 47.1 Å². The van der Waals surface area contributed by atoms with Crippen LogP contribution >= 0.6 is 0 Å². The molecule has 0 spiro atoms. The lowest BCUT2D eigenvalue weighted by Crippen LogP contribution is -2.46. The van der Waals surface area contributed by atoms with Gasteiger partial charge in [-0.1, -0.05) is 18.2 Å². The summed E-state index contributed by atoms with van der Waals surface area (Å²) < 4.78 is 49.3. The van der Waals surface area contributed by atoms with Gasteiger partial charge in [0.05, 0.1) is 24.5 Å². The van der Waals surface area contributed by atoms with E-state index in [1.807, 2.05) is 6.07 Å². The molecule has 1 aliphatic heterocycles. The van der Waals surface area contributed by atoms with Crippen molar-refractivity contribution < 1.29 is 27.1 Å². The largest absolute Gasteiger partial charge is 0.469 e. The predicted octanol–water partition coefficient (Wildman–Crippen LogP) is 3.70. The standard InChI is InChI=1S/C19H20F3NO3/c20-19(21,22)15-4-1-3-14(11-15)12-17-13-23(8-10-26-17)18(24)7-6-16-5-2-9-25-16/h1-5,9,11,17H,6-8,10,12-13H2/t17-/m1/s1. The summed E-state index contributed by atoms with van der Waals surface area (Å²) in [6.07, 6.45) is -1.89. The first-order valence-corrected chi connectivity index (χ1v) is 8.50. The lowest BCUT2D eigenvalue weighted by Gasteiger charge is -2.33. The molecule has 0 bridgehead atoms. The molecule has 1 aromatic carbocycles. The van der Waals surface area contributed by atoms with Gasteiger partial charge in [-0.25, -0.2) is 0 Å². The van der Waals surface area contributed by atoms with Crippen LogP contribution in [0.3, 0.4) is 0 Å². The Morgan fingerprint density at radius 3 is 2.81 bits per heavy atom. The molecule has 2 heterocycles. The summed E-state index contributed by atoms with van der Waals surface area (Å²) in [6, 6.07) is 8.84. The van der Waals surface area contributed by atoms with Crippen LogP contribution < -0.4 is 0 Å². The van der Waals surface area contributed by atoms with Gasteiger partial charge in [0, 0.05) is 32.4 Å². The Labute approximate surface area is 149 Å². The van der Waals surface area contributed by atoms with Crippen LogP contribution in [0.2, 0.25) is 0 Å². The second kappa shape index (κ2) is 7.95. The highest BCUT2D eigenvalue weighted by Gasteiger charge is 2.31. The van der Waals surface area contributed by atoms with Gasteiger partial charge in [-0.05, 0) is 23.8 Å². The molecular formula is C19H20F3NO3. The maximum atomic E-state index is 12.8. The quantitative estimate of drug-likeness (QED) is 0.809. The van der Waals surface area contributed by atoms with Crippen molar-refractivity contribution in [2.75, 3.05) is 19.7 Å². The van der Waals surface area contributed by atoms with Crippen molar-refractivity contribution in [2.45, 2.75) is 31.5 Å². The van der Waals surface area contributed by atoms with E-state index in [0.29, 0.717) is 44.5 Å². The minimum absolute atomic E-state index is 0.00116. The first-order chi connectivity index (χ1) is 12.4. The molecule has 2 aromatic rings. The number of rotatable bonds is 5. The van der Waals surface area contributed by atoms with Gasteiger partial charge in [-0.3, -0.25) is 4.79 Å². The first kappa shape index (κ1) is 18.5. The van der Waals surface area contributed by atoms with Crippen molar-refractivity contribution in [2.24, 2.45) is 0 Å². The summed E-state index contributed by atoms with van der Waals surface area (Å²) in [5.74, 6) is 0.755.